The average Bonchev–Trinajstić information content (AvgIpc) is 3.25. The van der Waals surface area contributed by atoms with Crippen LogP contribution < -0.4 is 15.5 Å². The van der Waals surface area contributed by atoms with Gasteiger partial charge in [-0.15, -0.1) is 5.10 Å². The molecule has 2 N–H and O–H groups in total. The summed E-state index contributed by atoms with van der Waals surface area (Å²) in [5.41, 5.74) is 11.2. The molecule has 0 atom stereocenters. The molecular formula is C29H27ClFN7. The molecule has 192 valence electrons. The van der Waals surface area contributed by atoms with Gasteiger partial charge in [0.05, 0.1) is 17.6 Å². The number of aromatic nitrogens is 4. The van der Waals surface area contributed by atoms with E-state index in [1.807, 2.05) is 48.5 Å². The van der Waals surface area contributed by atoms with Crippen LogP contribution in [-0.4, -0.2) is 45.9 Å². The van der Waals surface area contributed by atoms with Crippen molar-refractivity contribution in [3.8, 4) is 11.3 Å². The first-order chi connectivity index (χ1) is 18.5. The van der Waals surface area contributed by atoms with Crippen LogP contribution in [0, 0.1) is 12.7 Å². The molecule has 1 aliphatic heterocycles. The maximum absolute atomic E-state index is 15.0. The lowest BCUT2D eigenvalue weighted by atomic mass is 10.1. The Hall–Kier alpha value is -4.17. The highest BCUT2D eigenvalue weighted by atomic mass is 35.5. The summed E-state index contributed by atoms with van der Waals surface area (Å²) in [5.74, 6) is 0.562. The molecule has 3 aromatic carbocycles. The number of nitrogens with two attached hydrogens (primary N) is 1. The molecule has 0 spiro atoms. The number of benzene rings is 3. The molecular weight excluding hydrogens is 501 g/mol. The zero-order valence-corrected chi connectivity index (χ0v) is 21.7. The predicted octanol–water partition coefficient (Wildman–Crippen LogP) is 5.55. The van der Waals surface area contributed by atoms with Gasteiger partial charge in [-0.05, 0) is 42.3 Å². The van der Waals surface area contributed by atoms with E-state index in [2.05, 4.69) is 16.7 Å². The van der Waals surface area contributed by atoms with Gasteiger partial charge in [0, 0.05) is 42.5 Å². The number of nitrogens with zero attached hydrogens (tertiary/aromatic N) is 6. The first-order valence-corrected chi connectivity index (χ1v) is 12.9. The molecule has 1 aliphatic rings. The van der Waals surface area contributed by atoms with Gasteiger partial charge in [0.15, 0.2) is 5.65 Å². The summed E-state index contributed by atoms with van der Waals surface area (Å²) in [6.45, 7) is 5.53. The van der Waals surface area contributed by atoms with Gasteiger partial charge >= 0.3 is 0 Å². The summed E-state index contributed by atoms with van der Waals surface area (Å²) < 4.78 is 16.7. The molecule has 7 nitrogen and oxygen atoms in total. The van der Waals surface area contributed by atoms with Crippen molar-refractivity contribution in [3.05, 3.63) is 94.8 Å². The van der Waals surface area contributed by atoms with Gasteiger partial charge in [-0.1, -0.05) is 60.1 Å². The Balaban J connectivity index is 1.38. The summed E-state index contributed by atoms with van der Waals surface area (Å²) in [6, 6.07) is 22.5. The second-order valence-corrected chi connectivity index (χ2v) is 9.92. The van der Waals surface area contributed by atoms with Crippen molar-refractivity contribution < 1.29 is 4.39 Å². The number of piperazine rings is 1. The highest BCUT2D eigenvalue weighted by molar-refractivity contribution is 6.30. The Morgan fingerprint density at radius 1 is 0.895 bits per heavy atom. The number of rotatable bonds is 5. The van der Waals surface area contributed by atoms with E-state index in [1.165, 1.54) is 11.6 Å². The number of aryl methyl sites for hydroxylation is 1. The minimum absolute atomic E-state index is 0.366. The summed E-state index contributed by atoms with van der Waals surface area (Å²) in [5, 5.41) is 6.01. The lowest BCUT2D eigenvalue weighted by Crippen LogP contribution is -2.47. The molecule has 0 amide bonds. The SMILES string of the molecule is Cc1ccc(Cl)cc1N1CCN(c2nc(-c3ccccc3F)c3c(N)n(Cc4ccccc4)nc3n2)CC1. The predicted molar refractivity (Wildman–Crippen MR) is 151 cm³/mol. The molecule has 2 aromatic heterocycles. The Labute approximate surface area is 225 Å². The quantitative estimate of drug-likeness (QED) is 0.323. The van der Waals surface area contributed by atoms with Crippen LogP contribution in [0.4, 0.5) is 21.8 Å². The molecule has 9 heteroatoms. The molecule has 38 heavy (non-hydrogen) atoms. The highest BCUT2D eigenvalue weighted by Gasteiger charge is 2.25. The molecule has 0 saturated carbocycles. The molecule has 5 aromatic rings. The molecule has 0 unspecified atom stereocenters. The molecule has 0 bridgehead atoms. The molecule has 1 saturated heterocycles. The zero-order valence-electron chi connectivity index (χ0n) is 21.0. The smallest absolute Gasteiger partial charge is 0.228 e. The Morgan fingerprint density at radius 3 is 2.37 bits per heavy atom. The number of anilines is 3. The average molecular weight is 528 g/mol. The van der Waals surface area contributed by atoms with Crippen LogP contribution in [0.1, 0.15) is 11.1 Å². The van der Waals surface area contributed by atoms with Crippen LogP contribution >= 0.6 is 11.6 Å². The van der Waals surface area contributed by atoms with Crippen LogP contribution in [0.15, 0.2) is 72.8 Å². The van der Waals surface area contributed by atoms with E-state index in [9.17, 15) is 0 Å². The Kier molecular flexibility index (Phi) is 6.33. The van der Waals surface area contributed by atoms with Crippen molar-refractivity contribution in [1.29, 1.82) is 0 Å². The van der Waals surface area contributed by atoms with Crippen molar-refractivity contribution in [2.45, 2.75) is 13.5 Å². The maximum atomic E-state index is 15.0. The van der Waals surface area contributed by atoms with E-state index >= 15 is 4.39 Å². The Bertz CT molecular complexity index is 1610. The second-order valence-electron chi connectivity index (χ2n) is 9.48. The fraction of sp³-hybridized carbons (Fsp3) is 0.207. The van der Waals surface area contributed by atoms with Crippen molar-refractivity contribution in [1.82, 2.24) is 19.7 Å². The van der Waals surface area contributed by atoms with E-state index in [0.717, 1.165) is 29.4 Å². The fourth-order valence-electron chi connectivity index (χ4n) is 4.98. The minimum Gasteiger partial charge on any atom is -0.383 e. The van der Waals surface area contributed by atoms with Crippen LogP contribution in [0.25, 0.3) is 22.3 Å². The largest absolute Gasteiger partial charge is 0.383 e. The second kappa shape index (κ2) is 9.95. The first-order valence-electron chi connectivity index (χ1n) is 12.6. The number of hydrogen-bond donors (Lipinski definition) is 1. The summed E-state index contributed by atoms with van der Waals surface area (Å²) >= 11 is 6.26. The Morgan fingerprint density at radius 2 is 1.61 bits per heavy atom. The lowest BCUT2D eigenvalue weighted by molar-refractivity contribution is 0.629. The van der Waals surface area contributed by atoms with Gasteiger partial charge in [0.25, 0.3) is 0 Å². The number of hydrogen-bond acceptors (Lipinski definition) is 6. The van der Waals surface area contributed by atoms with Crippen molar-refractivity contribution in [3.63, 3.8) is 0 Å². The first kappa shape index (κ1) is 24.2. The van der Waals surface area contributed by atoms with E-state index in [0.29, 0.717) is 53.7 Å². The van der Waals surface area contributed by atoms with Gasteiger partial charge in [-0.3, -0.25) is 0 Å². The number of halogens is 2. The van der Waals surface area contributed by atoms with E-state index in [1.54, 1.807) is 22.9 Å². The summed E-state index contributed by atoms with van der Waals surface area (Å²) in [4.78, 5) is 14.1. The molecule has 0 aliphatic carbocycles. The minimum atomic E-state index is -0.366. The number of fused-ring (bicyclic) bond motifs is 1. The van der Waals surface area contributed by atoms with E-state index in [4.69, 9.17) is 32.4 Å². The van der Waals surface area contributed by atoms with Crippen LogP contribution in [0.2, 0.25) is 5.02 Å². The van der Waals surface area contributed by atoms with Gasteiger partial charge in [0.2, 0.25) is 5.95 Å². The molecule has 3 heterocycles. The maximum Gasteiger partial charge on any atom is 0.228 e. The number of nitrogen functional groups attached to an aromatic ring is 1. The fourth-order valence-corrected chi connectivity index (χ4v) is 5.15. The van der Waals surface area contributed by atoms with E-state index < -0.39 is 0 Å². The van der Waals surface area contributed by atoms with E-state index in [-0.39, 0.29) is 5.82 Å². The van der Waals surface area contributed by atoms with Crippen molar-refractivity contribution >= 4 is 40.1 Å². The van der Waals surface area contributed by atoms with Crippen molar-refractivity contribution in [2.75, 3.05) is 41.7 Å². The molecule has 0 radical (unpaired) electrons. The normalized spacial score (nSPS) is 13.9. The van der Waals surface area contributed by atoms with Crippen LogP contribution in [0.5, 0.6) is 0 Å². The monoisotopic (exact) mass is 527 g/mol. The standard InChI is InChI=1S/C29H27ClFN7/c1-19-11-12-21(30)17-24(19)36-13-15-37(16-14-36)29-33-26(22-9-5-6-10-23(22)31)25-27(32)38(35-28(25)34-29)18-20-7-3-2-4-8-20/h2-12,17H,13-16,18,32H2,1H3. The molecule has 6 rings (SSSR count). The third-order valence-electron chi connectivity index (χ3n) is 7.01. The lowest BCUT2D eigenvalue weighted by Gasteiger charge is -2.37. The highest BCUT2D eigenvalue weighted by Crippen LogP contribution is 2.34. The van der Waals surface area contributed by atoms with Crippen LogP contribution in [0.3, 0.4) is 0 Å². The van der Waals surface area contributed by atoms with Gasteiger partial charge < -0.3 is 15.5 Å². The van der Waals surface area contributed by atoms with Crippen LogP contribution in [-0.2, 0) is 6.54 Å². The topological polar surface area (TPSA) is 76.1 Å². The third-order valence-corrected chi connectivity index (χ3v) is 7.24. The zero-order chi connectivity index (χ0) is 26.2. The summed E-state index contributed by atoms with van der Waals surface area (Å²) in [6.07, 6.45) is 0. The molecule has 1 fully saturated rings. The van der Waals surface area contributed by atoms with Gasteiger partial charge in [-0.25, -0.2) is 14.1 Å². The van der Waals surface area contributed by atoms with Gasteiger partial charge in [0.1, 0.15) is 11.6 Å². The third kappa shape index (κ3) is 4.52. The summed E-state index contributed by atoms with van der Waals surface area (Å²) in [7, 11) is 0. The van der Waals surface area contributed by atoms with Crippen molar-refractivity contribution in [2.24, 2.45) is 0 Å². The van der Waals surface area contributed by atoms with Gasteiger partial charge in [-0.2, -0.15) is 4.98 Å².